The van der Waals surface area contributed by atoms with Gasteiger partial charge in [-0.05, 0) is 41.0 Å². The van der Waals surface area contributed by atoms with Crippen molar-refractivity contribution in [2.45, 2.75) is 0 Å². The Bertz CT molecular complexity index is 591. The van der Waals surface area contributed by atoms with Crippen LogP contribution >= 0.6 is 11.8 Å². The topological polar surface area (TPSA) is 41.4 Å². The first-order chi connectivity index (χ1) is 9.34. The zero-order valence-electron chi connectivity index (χ0n) is 10.4. The van der Waals surface area contributed by atoms with Crippen LogP contribution in [0.4, 0.5) is 11.4 Å². The number of nitrogens with zero attached hydrogens (tertiary/aromatic N) is 2. The Hall–Kier alpha value is -2.07. The van der Waals surface area contributed by atoms with Crippen LogP contribution in [-0.4, -0.2) is 16.8 Å². The van der Waals surface area contributed by atoms with Crippen LogP contribution in [0.25, 0.3) is 0 Å². The van der Waals surface area contributed by atoms with E-state index in [9.17, 15) is 0 Å². The Morgan fingerprint density at radius 3 is 1.84 bits per heavy atom. The predicted molar refractivity (Wildman–Crippen MR) is 83.4 cm³/mol. The van der Waals surface area contributed by atoms with E-state index in [0.29, 0.717) is 5.84 Å². The summed E-state index contributed by atoms with van der Waals surface area (Å²) in [6.45, 7) is 0. The molecule has 0 bridgehead atoms. The van der Waals surface area contributed by atoms with Crippen LogP contribution in [0.2, 0.25) is 0 Å². The largest absolute Gasteiger partial charge is 0.367 e. The van der Waals surface area contributed by atoms with Gasteiger partial charge in [0.25, 0.3) is 0 Å². The first kappa shape index (κ1) is 12.0. The van der Waals surface area contributed by atoms with Crippen molar-refractivity contribution >= 4 is 34.1 Å². The van der Waals surface area contributed by atoms with Crippen molar-refractivity contribution in [2.75, 3.05) is 5.75 Å². The molecule has 0 radical (unpaired) electrons. The molecule has 0 aliphatic carbocycles. The summed E-state index contributed by atoms with van der Waals surface area (Å²) in [5.41, 5.74) is 7.99. The summed E-state index contributed by atoms with van der Waals surface area (Å²) >= 11 is 1.66. The predicted octanol–water partition coefficient (Wildman–Crippen LogP) is 2.98. The van der Waals surface area contributed by atoms with Crippen molar-refractivity contribution in [1.29, 1.82) is 0 Å². The summed E-state index contributed by atoms with van der Waals surface area (Å²) in [5.74, 6) is 1.43. The summed E-state index contributed by atoms with van der Waals surface area (Å²) in [6, 6.07) is 20.4. The highest BCUT2D eigenvalue weighted by Crippen LogP contribution is 2.25. The van der Waals surface area contributed by atoms with Gasteiger partial charge in [-0.3, -0.25) is 0 Å². The van der Waals surface area contributed by atoms with E-state index in [1.54, 1.807) is 11.8 Å². The summed E-state index contributed by atoms with van der Waals surface area (Å²) in [6.07, 6.45) is 0. The molecule has 2 aromatic rings. The van der Waals surface area contributed by atoms with E-state index in [1.807, 2.05) is 36.4 Å². The Labute approximate surface area is 116 Å². The summed E-state index contributed by atoms with van der Waals surface area (Å²) in [4.78, 5) is 4.44. The molecule has 1 aliphatic rings. The molecular formula is C15H14N3S+. The number of aliphatic imine (C=N–C) groups is 1. The van der Waals surface area contributed by atoms with Gasteiger partial charge in [0, 0.05) is 0 Å². The van der Waals surface area contributed by atoms with E-state index in [1.165, 1.54) is 0 Å². The van der Waals surface area contributed by atoms with E-state index in [4.69, 9.17) is 5.73 Å². The average Bonchev–Trinajstić information content (AvgIpc) is 2.88. The first-order valence-electron chi connectivity index (χ1n) is 6.07. The van der Waals surface area contributed by atoms with E-state index < -0.39 is 0 Å². The third kappa shape index (κ3) is 2.53. The fourth-order valence-electron chi connectivity index (χ4n) is 1.96. The van der Waals surface area contributed by atoms with Gasteiger partial charge in [-0.15, -0.1) is 0 Å². The minimum absolute atomic E-state index is 0.678. The molecule has 0 aromatic heterocycles. The van der Waals surface area contributed by atoms with Gasteiger partial charge in [0.15, 0.2) is 0 Å². The Balaban J connectivity index is 2.18. The normalized spacial score (nSPS) is 14.3. The summed E-state index contributed by atoms with van der Waals surface area (Å²) in [5, 5.41) is 0.926. The molecule has 94 valence electrons. The van der Waals surface area contributed by atoms with Crippen LogP contribution in [0.5, 0.6) is 0 Å². The maximum atomic E-state index is 5.80. The third-order valence-electron chi connectivity index (χ3n) is 2.81. The van der Waals surface area contributed by atoms with Gasteiger partial charge in [-0.2, -0.15) is 4.58 Å². The lowest BCUT2D eigenvalue weighted by Gasteiger charge is -2.06. The first-order valence-corrected chi connectivity index (χ1v) is 7.06. The molecule has 1 aliphatic heterocycles. The molecule has 19 heavy (non-hydrogen) atoms. The minimum Gasteiger partial charge on any atom is -0.366 e. The van der Waals surface area contributed by atoms with Crippen molar-refractivity contribution in [3.8, 4) is 0 Å². The number of nitrogens with two attached hydrogens (primary N) is 1. The number of rotatable bonds is 2. The second kappa shape index (κ2) is 5.28. The van der Waals surface area contributed by atoms with Gasteiger partial charge in [-0.25, -0.2) is 0 Å². The third-order valence-corrected chi connectivity index (χ3v) is 3.78. The minimum atomic E-state index is 0.678. The van der Waals surface area contributed by atoms with E-state index in [2.05, 4.69) is 33.8 Å². The maximum Gasteiger partial charge on any atom is 0.367 e. The lowest BCUT2D eigenvalue weighted by molar-refractivity contribution is 1.08. The van der Waals surface area contributed by atoms with E-state index >= 15 is 0 Å². The summed E-state index contributed by atoms with van der Waals surface area (Å²) in [7, 11) is 0. The second-order valence-electron chi connectivity index (χ2n) is 4.18. The highest BCUT2D eigenvalue weighted by atomic mass is 32.2. The van der Waals surface area contributed by atoms with Crippen molar-refractivity contribution in [3.05, 3.63) is 60.7 Å². The molecule has 4 heteroatoms. The van der Waals surface area contributed by atoms with Crippen molar-refractivity contribution in [1.82, 2.24) is 4.58 Å². The molecular weight excluding hydrogens is 254 g/mol. The average molecular weight is 268 g/mol. The Morgan fingerprint density at radius 1 is 0.895 bits per heavy atom. The standard InChI is InChI=1S/C15H13N3S/c16-14-11-19-15(17-14)18(12-7-3-1-4-8-12)13-9-5-2-6-10-13/h1-10,16H,11H2/p+1. The highest BCUT2D eigenvalue weighted by Gasteiger charge is 2.26. The Morgan fingerprint density at radius 2 is 1.42 bits per heavy atom. The van der Waals surface area contributed by atoms with Gasteiger partial charge in [0.1, 0.15) is 11.4 Å². The number of amidine groups is 2. The number of benzene rings is 2. The lowest BCUT2D eigenvalue weighted by Crippen LogP contribution is -2.12. The molecule has 2 aromatic carbocycles. The smallest absolute Gasteiger partial charge is 0.366 e. The second-order valence-corrected chi connectivity index (χ2v) is 5.12. The van der Waals surface area contributed by atoms with Gasteiger partial charge >= 0.3 is 5.17 Å². The van der Waals surface area contributed by atoms with Gasteiger partial charge < -0.3 is 5.73 Å². The quantitative estimate of drug-likeness (QED) is 0.851. The van der Waals surface area contributed by atoms with Crippen LogP contribution in [-0.2, 0) is 0 Å². The van der Waals surface area contributed by atoms with E-state index in [-0.39, 0.29) is 0 Å². The zero-order valence-corrected chi connectivity index (χ0v) is 11.2. The lowest BCUT2D eigenvalue weighted by atomic mass is 10.2. The molecule has 0 saturated heterocycles. The van der Waals surface area contributed by atoms with Crippen LogP contribution in [0.3, 0.4) is 0 Å². The maximum absolute atomic E-state index is 5.80. The fraction of sp³-hybridized carbons (Fsp3) is 0.0667. The van der Waals surface area contributed by atoms with Gasteiger partial charge in [0.05, 0.1) is 5.75 Å². The van der Waals surface area contributed by atoms with Crippen molar-refractivity contribution in [2.24, 2.45) is 10.7 Å². The molecule has 0 spiro atoms. The monoisotopic (exact) mass is 268 g/mol. The van der Waals surface area contributed by atoms with Crippen molar-refractivity contribution in [3.63, 3.8) is 0 Å². The van der Waals surface area contributed by atoms with Crippen LogP contribution < -0.4 is 10.3 Å². The molecule has 0 amide bonds. The van der Waals surface area contributed by atoms with Crippen LogP contribution in [0.15, 0.2) is 65.7 Å². The van der Waals surface area contributed by atoms with Crippen molar-refractivity contribution < 1.29 is 0 Å². The van der Waals surface area contributed by atoms with Gasteiger partial charge in [0.2, 0.25) is 5.84 Å². The molecule has 0 unspecified atom stereocenters. The van der Waals surface area contributed by atoms with Crippen LogP contribution in [0, 0.1) is 0 Å². The molecule has 0 saturated carbocycles. The number of hydrogen-bond donors (Lipinski definition) is 1. The zero-order chi connectivity index (χ0) is 13.1. The summed E-state index contributed by atoms with van der Waals surface area (Å²) < 4.78 is 2.13. The SMILES string of the molecule is NC1=NC(=[N+](c2ccccc2)c2ccccc2)SC1. The Kier molecular flexibility index (Phi) is 3.33. The molecule has 0 atom stereocenters. The molecule has 3 nitrogen and oxygen atoms in total. The fourth-order valence-corrected chi connectivity index (χ4v) is 2.83. The number of hydrogen-bond acceptors (Lipinski definition) is 2. The number of para-hydroxylation sites is 2. The molecule has 0 fully saturated rings. The molecule has 1 heterocycles. The molecule has 2 N–H and O–H groups in total. The highest BCUT2D eigenvalue weighted by molar-refractivity contribution is 8.14. The van der Waals surface area contributed by atoms with E-state index in [0.717, 1.165) is 22.3 Å². The number of thioether (sulfide) groups is 1. The van der Waals surface area contributed by atoms with Gasteiger partial charge in [-0.1, -0.05) is 36.4 Å². The molecule has 3 rings (SSSR count). The van der Waals surface area contributed by atoms with Crippen LogP contribution in [0.1, 0.15) is 0 Å².